The fourth-order valence-electron chi connectivity index (χ4n) is 7.23. The zero-order chi connectivity index (χ0) is 47.1. The summed E-state index contributed by atoms with van der Waals surface area (Å²) in [6.07, 6.45) is 5.16. The number of nitrogens with two attached hydrogens (primary N) is 1. The summed E-state index contributed by atoms with van der Waals surface area (Å²) in [4.78, 5) is 10.8. The maximum absolute atomic E-state index is 10.8. The summed E-state index contributed by atoms with van der Waals surface area (Å²) in [5.74, 6) is 1.48. The second-order valence-electron chi connectivity index (χ2n) is 15.8. The lowest BCUT2D eigenvalue weighted by Gasteiger charge is -2.13. The first kappa shape index (κ1) is 51.4. The number of carbonyl (C=O) groups excluding carboxylic acids is 1. The molecule has 6 N–H and O–H groups in total. The standard InChI is InChI=1S/C18H16BrN3OS.C15H12BrN3S.C9H10ClNO2.C7H8ClN.CH4/c1-11(23)10-24-18-21-20-17(19)22(18)16-9-8-13(12-6-7-12)14-4-2-3-5-15(14)16;16-14-17-18-15(20)19(14)13-8-7-10(9-5-6-9)11-3-1-2-4-12(11)13;1-6-2-3-8(7(10)4-6)11-9(13)5-12;1-5-2-3-7(9)6(8)4-5;/h2-5,8-9,12,23H,1,6-7,10H2;1-4,7-9H,5-6H2,(H,18,20);2-4,12H,5H2,1H3,(H,11,13);2-4H,9H2,1H3;1H4. The van der Waals surface area contributed by atoms with Crippen molar-refractivity contribution in [2.24, 2.45) is 0 Å². The van der Waals surface area contributed by atoms with Crippen molar-refractivity contribution in [3.8, 4) is 11.4 Å². The number of aromatic amines is 1. The number of aliphatic hydroxyl groups is 2. The fourth-order valence-corrected chi connectivity index (χ4v) is 9.82. The Balaban J connectivity index is 0.000000156. The Morgan fingerprint density at radius 1 is 0.806 bits per heavy atom. The summed E-state index contributed by atoms with van der Waals surface area (Å²) >= 11 is 25.2. The van der Waals surface area contributed by atoms with Gasteiger partial charge in [0.1, 0.15) is 6.61 Å². The molecule has 2 heterocycles. The number of nitrogens with one attached hydrogen (secondary N) is 2. The van der Waals surface area contributed by atoms with E-state index in [1.165, 1.54) is 70.1 Å². The predicted octanol–water partition coefficient (Wildman–Crippen LogP) is 14.4. The lowest BCUT2D eigenvalue weighted by Crippen LogP contribution is -2.15. The van der Waals surface area contributed by atoms with E-state index < -0.39 is 12.5 Å². The zero-order valence-corrected chi connectivity index (χ0v) is 42.3. The van der Waals surface area contributed by atoms with Gasteiger partial charge in [-0.15, -0.1) is 15.3 Å². The Kier molecular flexibility index (Phi) is 17.9. The Morgan fingerprint density at radius 2 is 1.33 bits per heavy atom. The van der Waals surface area contributed by atoms with Crippen LogP contribution in [0.4, 0.5) is 11.4 Å². The van der Waals surface area contributed by atoms with Crippen molar-refractivity contribution in [3.63, 3.8) is 0 Å². The van der Waals surface area contributed by atoms with Gasteiger partial charge in [-0.05, 0) is 165 Å². The number of nitrogen functional groups attached to an aromatic ring is 1. The lowest BCUT2D eigenvalue weighted by atomic mass is 9.99. The average molecular weight is 1110 g/mol. The highest BCUT2D eigenvalue weighted by molar-refractivity contribution is 9.10. The third-order valence-corrected chi connectivity index (χ3v) is 13.6. The van der Waals surface area contributed by atoms with Crippen LogP contribution in [0.1, 0.15) is 67.2 Å². The van der Waals surface area contributed by atoms with E-state index in [1.54, 1.807) is 18.2 Å². The minimum absolute atomic E-state index is 0. The minimum Gasteiger partial charge on any atom is -0.512 e. The maximum Gasteiger partial charge on any atom is 0.250 e. The molecule has 2 aliphatic rings. The number of thioether (sulfide) groups is 1. The number of hydrogen-bond donors (Lipinski definition) is 5. The molecular formula is C50H50Br2Cl2N8O3S2. The highest BCUT2D eigenvalue weighted by atomic mass is 79.9. The first-order valence-electron chi connectivity index (χ1n) is 20.9. The number of amides is 1. The van der Waals surface area contributed by atoms with E-state index in [4.69, 9.17) is 46.3 Å². The van der Waals surface area contributed by atoms with Gasteiger partial charge in [0.2, 0.25) is 20.1 Å². The molecule has 2 saturated carbocycles. The SMILES string of the molecule is C.C=C(O)CSc1nnc(Br)n1-c1ccc(C2CC2)c2ccccc12.Cc1ccc(N)c(Cl)c1.Cc1ccc(NC(=O)CO)c(Cl)c1.S=c1[nH]nc(Br)n1-c1ccc(C2CC2)c2ccccc12. The first-order valence-corrected chi connectivity index (χ1v) is 24.6. The minimum atomic E-state index is -0.537. The number of hydrogen-bond acceptors (Lipinski definition) is 9. The number of carbonyl (C=O) groups is 1. The molecule has 2 aliphatic carbocycles. The molecule has 0 atom stereocenters. The zero-order valence-electron chi connectivity index (χ0n) is 35.9. The number of anilines is 2. The van der Waals surface area contributed by atoms with Gasteiger partial charge in [-0.1, -0.05) is 122 Å². The number of aromatic nitrogens is 6. The van der Waals surface area contributed by atoms with Crippen LogP contribution in [-0.4, -0.2) is 58.0 Å². The van der Waals surface area contributed by atoms with E-state index in [0.29, 0.717) is 47.3 Å². The smallest absolute Gasteiger partial charge is 0.250 e. The van der Waals surface area contributed by atoms with E-state index in [9.17, 15) is 9.90 Å². The number of benzene rings is 6. The lowest BCUT2D eigenvalue weighted by molar-refractivity contribution is -0.118. The largest absolute Gasteiger partial charge is 0.512 e. The Hall–Kier alpha value is -5.00. The molecule has 2 fully saturated rings. The first-order chi connectivity index (χ1) is 31.7. The summed E-state index contributed by atoms with van der Waals surface area (Å²) in [5.41, 5.74) is 13.8. The second kappa shape index (κ2) is 23.3. The quantitative estimate of drug-likeness (QED) is 0.0410. The van der Waals surface area contributed by atoms with Crippen molar-refractivity contribution in [1.82, 2.24) is 29.5 Å². The number of nitrogens with zero attached hydrogens (tertiary/aromatic N) is 5. The number of halogens is 4. The van der Waals surface area contributed by atoms with Crippen LogP contribution in [-0.2, 0) is 4.79 Å². The predicted molar refractivity (Wildman–Crippen MR) is 286 cm³/mol. The van der Waals surface area contributed by atoms with E-state index in [2.05, 4.69) is 137 Å². The van der Waals surface area contributed by atoms with Gasteiger partial charge < -0.3 is 21.3 Å². The molecule has 0 radical (unpaired) electrons. The van der Waals surface area contributed by atoms with Crippen molar-refractivity contribution in [3.05, 3.63) is 168 Å². The Bertz CT molecular complexity index is 3110. The van der Waals surface area contributed by atoms with Crippen LogP contribution in [0.2, 0.25) is 10.0 Å². The Labute approximate surface area is 426 Å². The van der Waals surface area contributed by atoms with Crippen molar-refractivity contribution >= 4 is 118 Å². The van der Waals surface area contributed by atoms with Gasteiger partial charge in [0.25, 0.3) is 0 Å². The summed E-state index contributed by atoms with van der Waals surface area (Å²) in [5, 5.41) is 42.5. The molecule has 0 saturated heterocycles. The Morgan fingerprint density at radius 3 is 1.79 bits per heavy atom. The molecule has 1 amide bonds. The van der Waals surface area contributed by atoms with Crippen molar-refractivity contribution in [1.29, 1.82) is 0 Å². The molecule has 67 heavy (non-hydrogen) atoms. The molecule has 0 unspecified atom stereocenters. The summed E-state index contributed by atoms with van der Waals surface area (Å²) < 4.78 is 5.85. The topological polar surface area (TPSA) is 160 Å². The van der Waals surface area contributed by atoms with Gasteiger partial charge in [-0.25, -0.2) is 0 Å². The van der Waals surface area contributed by atoms with Gasteiger partial charge in [-0.3, -0.25) is 19.0 Å². The summed E-state index contributed by atoms with van der Waals surface area (Å²) in [6.45, 7) is 6.88. The molecule has 11 nitrogen and oxygen atoms in total. The molecular weight excluding hydrogens is 1060 g/mol. The summed E-state index contributed by atoms with van der Waals surface area (Å²) in [6, 6.07) is 36.6. The molecule has 10 rings (SSSR count). The molecule has 0 spiro atoms. The maximum atomic E-state index is 10.8. The van der Waals surface area contributed by atoms with Gasteiger partial charge in [-0.2, -0.15) is 0 Å². The van der Waals surface area contributed by atoms with Gasteiger partial charge in [0.15, 0.2) is 5.16 Å². The van der Waals surface area contributed by atoms with Gasteiger partial charge in [0.05, 0.1) is 44.3 Å². The molecule has 17 heteroatoms. The van der Waals surface area contributed by atoms with Crippen LogP contribution >= 0.6 is 79.0 Å². The summed E-state index contributed by atoms with van der Waals surface area (Å²) in [7, 11) is 0. The van der Waals surface area contributed by atoms with Gasteiger partial charge in [0, 0.05) is 10.8 Å². The number of H-pyrrole nitrogens is 1. The van der Waals surface area contributed by atoms with E-state index >= 15 is 0 Å². The number of rotatable bonds is 9. The van der Waals surface area contributed by atoms with Crippen LogP contribution in [0, 0.1) is 18.6 Å². The monoisotopic (exact) mass is 1100 g/mol. The third kappa shape index (κ3) is 13.0. The fraction of sp³-hybridized carbons (Fsp3) is 0.220. The molecule has 0 aliphatic heterocycles. The average Bonchev–Trinajstić information content (AvgIpc) is 4.26. The van der Waals surface area contributed by atoms with Crippen LogP contribution in [0.3, 0.4) is 0 Å². The molecule has 348 valence electrons. The molecule has 2 aromatic heterocycles. The molecule has 8 aromatic rings. The highest BCUT2D eigenvalue weighted by Gasteiger charge is 2.27. The highest BCUT2D eigenvalue weighted by Crippen LogP contribution is 2.45. The van der Waals surface area contributed by atoms with Crippen molar-refractivity contribution in [2.45, 2.75) is 63.9 Å². The van der Waals surface area contributed by atoms with Crippen LogP contribution < -0.4 is 11.1 Å². The molecule has 6 aromatic carbocycles. The van der Waals surface area contributed by atoms with Crippen LogP contribution in [0.15, 0.2) is 136 Å². The number of aryl methyl sites for hydroxylation is 2. The van der Waals surface area contributed by atoms with Crippen LogP contribution in [0.25, 0.3) is 32.9 Å². The van der Waals surface area contributed by atoms with E-state index in [-0.39, 0.29) is 13.2 Å². The van der Waals surface area contributed by atoms with E-state index in [1.807, 2.05) is 41.2 Å². The van der Waals surface area contributed by atoms with Gasteiger partial charge >= 0.3 is 0 Å². The molecule has 0 bridgehead atoms. The second-order valence-corrected chi connectivity index (χ2v) is 19.3. The number of fused-ring (bicyclic) bond motifs is 2. The number of aliphatic hydroxyl groups excluding tert-OH is 2. The van der Waals surface area contributed by atoms with Crippen LogP contribution in [0.5, 0.6) is 0 Å². The van der Waals surface area contributed by atoms with Crippen molar-refractivity contribution < 1.29 is 15.0 Å². The normalized spacial score (nSPS) is 12.7. The third-order valence-electron chi connectivity index (χ3n) is 10.7. The van der Waals surface area contributed by atoms with E-state index in [0.717, 1.165) is 33.6 Å². The van der Waals surface area contributed by atoms with Crippen molar-refractivity contribution in [2.75, 3.05) is 23.4 Å².